The van der Waals surface area contributed by atoms with Gasteiger partial charge in [0.25, 0.3) is 0 Å². The van der Waals surface area contributed by atoms with Crippen LogP contribution >= 0.6 is 0 Å². The van der Waals surface area contributed by atoms with Gasteiger partial charge in [-0.25, -0.2) is 4.98 Å². The molecule has 1 N–H and O–H groups in total. The minimum Gasteiger partial charge on any atom is -0.349 e. The fourth-order valence-corrected chi connectivity index (χ4v) is 3.05. The van der Waals surface area contributed by atoms with Crippen molar-refractivity contribution in [3.8, 4) is 0 Å². The van der Waals surface area contributed by atoms with Gasteiger partial charge < -0.3 is 9.88 Å². The smallest absolute Gasteiger partial charge is 0.203 e. The number of nitrogens with one attached hydrogen (secondary N) is 1. The Morgan fingerprint density at radius 3 is 3.05 bits per heavy atom. The van der Waals surface area contributed by atoms with Crippen LogP contribution < -0.4 is 5.32 Å². The molecule has 1 heterocycles. The van der Waals surface area contributed by atoms with Crippen LogP contribution in [0.2, 0.25) is 0 Å². The zero-order valence-electron chi connectivity index (χ0n) is 12.3. The lowest BCUT2D eigenvalue weighted by molar-refractivity contribution is 0.519. The highest BCUT2D eigenvalue weighted by Crippen LogP contribution is 2.32. The van der Waals surface area contributed by atoms with E-state index >= 15 is 0 Å². The molecule has 3 heteroatoms. The van der Waals surface area contributed by atoms with Crippen LogP contribution in [0, 0.1) is 5.92 Å². The Hall–Kier alpha value is -1.77. The topological polar surface area (TPSA) is 29.9 Å². The van der Waals surface area contributed by atoms with Crippen LogP contribution in [0.3, 0.4) is 0 Å². The summed E-state index contributed by atoms with van der Waals surface area (Å²) in [6.07, 6.45) is 7.59. The standard InChI is InChI=1S/C17H23N3/c1-13(2)12-20-11-10-18-17(20)19-16-9-5-7-14-6-3-4-8-15(14)16/h3-4,6,8,10-11,13,16H,5,7,9,12H2,1-2H3,(H,18,19). The Morgan fingerprint density at radius 1 is 1.35 bits per heavy atom. The number of rotatable bonds is 4. The van der Waals surface area contributed by atoms with Crippen LogP contribution in [-0.4, -0.2) is 9.55 Å². The predicted octanol–water partition coefficient (Wildman–Crippen LogP) is 4.03. The maximum atomic E-state index is 4.49. The summed E-state index contributed by atoms with van der Waals surface area (Å²) < 4.78 is 2.22. The second-order valence-corrected chi connectivity index (χ2v) is 6.09. The first-order chi connectivity index (χ1) is 9.74. The molecule has 106 valence electrons. The minimum absolute atomic E-state index is 0.397. The van der Waals surface area contributed by atoms with Gasteiger partial charge in [0.2, 0.25) is 5.95 Å². The van der Waals surface area contributed by atoms with Gasteiger partial charge in [0.05, 0.1) is 6.04 Å². The number of aromatic nitrogens is 2. The number of anilines is 1. The number of hydrogen-bond acceptors (Lipinski definition) is 2. The number of aryl methyl sites for hydroxylation is 1. The molecule has 0 radical (unpaired) electrons. The Morgan fingerprint density at radius 2 is 2.20 bits per heavy atom. The zero-order chi connectivity index (χ0) is 13.9. The third kappa shape index (κ3) is 2.72. The molecule has 2 aromatic rings. The third-order valence-electron chi connectivity index (χ3n) is 3.95. The fraction of sp³-hybridized carbons (Fsp3) is 0.471. The molecule has 0 saturated carbocycles. The van der Waals surface area contributed by atoms with E-state index < -0.39 is 0 Å². The van der Waals surface area contributed by atoms with E-state index in [0.717, 1.165) is 12.5 Å². The lowest BCUT2D eigenvalue weighted by Crippen LogP contribution is -2.20. The Balaban J connectivity index is 1.81. The quantitative estimate of drug-likeness (QED) is 0.908. The first-order valence-corrected chi connectivity index (χ1v) is 7.59. The molecule has 1 aliphatic rings. The average molecular weight is 269 g/mol. The van der Waals surface area contributed by atoms with Gasteiger partial charge in [-0.1, -0.05) is 38.1 Å². The number of hydrogen-bond donors (Lipinski definition) is 1. The molecular weight excluding hydrogens is 246 g/mol. The van der Waals surface area contributed by atoms with E-state index in [1.807, 2.05) is 6.20 Å². The zero-order valence-corrected chi connectivity index (χ0v) is 12.3. The molecule has 1 aromatic heterocycles. The highest BCUT2D eigenvalue weighted by molar-refractivity contribution is 5.39. The van der Waals surface area contributed by atoms with Crippen LogP contribution in [0.15, 0.2) is 36.7 Å². The second-order valence-electron chi connectivity index (χ2n) is 6.09. The molecule has 1 aliphatic carbocycles. The molecule has 3 nitrogen and oxygen atoms in total. The van der Waals surface area contributed by atoms with Gasteiger partial charge >= 0.3 is 0 Å². The van der Waals surface area contributed by atoms with Crippen molar-refractivity contribution in [1.29, 1.82) is 0 Å². The van der Waals surface area contributed by atoms with Crippen molar-refractivity contribution in [2.75, 3.05) is 5.32 Å². The van der Waals surface area contributed by atoms with Gasteiger partial charge in [-0.3, -0.25) is 0 Å². The Kier molecular flexibility index (Phi) is 3.77. The molecule has 0 saturated heterocycles. The molecule has 3 rings (SSSR count). The molecule has 0 bridgehead atoms. The maximum Gasteiger partial charge on any atom is 0.203 e. The summed E-state index contributed by atoms with van der Waals surface area (Å²) in [5.74, 6) is 1.63. The number of imidazole rings is 1. The number of nitrogens with zero attached hydrogens (tertiary/aromatic N) is 2. The Labute approximate surface area is 121 Å². The van der Waals surface area contributed by atoms with E-state index in [2.05, 4.69) is 59.2 Å². The molecule has 0 amide bonds. The summed E-state index contributed by atoms with van der Waals surface area (Å²) in [4.78, 5) is 4.49. The highest BCUT2D eigenvalue weighted by Gasteiger charge is 2.20. The van der Waals surface area contributed by atoms with Crippen LogP contribution in [-0.2, 0) is 13.0 Å². The van der Waals surface area contributed by atoms with Crippen LogP contribution in [0.1, 0.15) is 43.9 Å². The van der Waals surface area contributed by atoms with E-state index in [1.165, 1.54) is 30.4 Å². The lowest BCUT2D eigenvalue weighted by atomic mass is 9.88. The monoisotopic (exact) mass is 269 g/mol. The summed E-state index contributed by atoms with van der Waals surface area (Å²) in [6, 6.07) is 9.18. The number of benzene rings is 1. The molecule has 0 fully saturated rings. The summed E-state index contributed by atoms with van der Waals surface area (Å²) >= 11 is 0. The van der Waals surface area contributed by atoms with Gasteiger partial charge in [0, 0.05) is 18.9 Å². The number of fused-ring (bicyclic) bond motifs is 1. The third-order valence-corrected chi connectivity index (χ3v) is 3.95. The summed E-state index contributed by atoms with van der Waals surface area (Å²) in [6.45, 7) is 5.48. The van der Waals surface area contributed by atoms with Gasteiger partial charge in [0.15, 0.2) is 0 Å². The molecule has 20 heavy (non-hydrogen) atoms. The molecule has 1 unspecified atom stereocenters. The van der Waals surface area contributed by atoms with E-state index in [9.17, 15) is 0 Å². The van der Waals surface area contributed by atoms with Crippen molar-refractivity contribution in [2.24, 2.45) is 5.92 Å². The fourth-order valence-electron chi connectivity index (χ4n) is 3.05. The second kappa shape index (κ2) is 5.70. The van der Waals surface area contributed by atoms with Gasteiger partial charge in [0.1, 0.15) is 0 Å². The summed E-state index contributed by atoms with van der Waals surface area (Å²) in [7, 11) is 0. The van der Waals surface area contributed by atoms with E-state index in [0.29, 0.717) is 12.0 Å². The van der Waals surface area contributed by atoms with E-state index in [1.54, 1.807) is 0 Å². The van der Waals surface area contributed by atoms with Crippen molar-refractivity contribution < 1.29 is 0 Å². The van der Waals surface area contributed by atoms with Crippen molar-refractivity contribution in [3.05, 3.63) is 47.8 Å². The minimum atomic E-state index is 0.397. The largest absolute Gasteiger partial charge is 0.349 e. The molecule has 1 aromatic carbocycles. The predicted molar refractivity (Wildman–Crippen MR) is 82.8 cm³/mol. The van der Waals surface area contributed by atoms with E-state index in [4.69, 9.17) is 0 Å². The first-order valence-electron chi connectivity index (χ1n) is 7.59. The van der Waals surface area contributed by atoms with Gasteiger partial charge in [-0.2, -0.15) is 0 Å². The molecule has 1 atom stereocenters. The summed E-state index contributed by atoms with van der Waals surface area (Å²) in [5, 5.41) is 3.64. The van der Waals surface area contributed by atoms with Crippen molar-refractivity contribution in [3.63, 3.8) is 0 Å². The van der Waals surface area contributed by atoms with Gasteiger partial charge in [-0.15, -0.1) is 0 Å². The highest BCUT2D eigenvalue weighted by atomic mass is 15.2. The van der Waals surface area contributed by atoms with Crippen LogP contribution in [0.4, 0.5) is 5.95 Å². The molecular formula is C17H23N3. The van der Waals surface area contributed by atoms with Crippen LogP contribution in [0.5, 0.6) is 0 Å². The first kappa shape index (κ1) is 13.2. The lowest BCUT2D eigenvalue weighted by Gasteiger charge is -2.27. The van der Waals surface area contributed by atoms with E-state index in [-0.39, 0.29) is 0 Å². The van der Waals surface area contributed by atoms with Crippen molar-refractivity contribution >= 4 is 5.95 Å². The summed E-state index contributed by atoms with van der Waals surface area (Å²) in [5.41, 5.74) is 2.93. The molecule has 0 aliphatic heterocycles. The van der Waals surface area contributed by atoms with Crippen molar-refractivity contribution in [1.82, 2.24) is 9.55 Å². The normalized spacial score (nSPS) is 18.1. The van der Waals surface area contributed by atoms with Gasteiger partial charge in [-0.05, 0) is 36.3 Å². The maximum absolute atomic E-state index is 4.49. The SMILES string of the molecule is CC(C)Cn1ccnc1NC1CCCc2ccccc21. The molecule has 0 spiro atoms. The Bertz CT molecular complexity index is 571. The average Bonchev–Trinajstić information content (AvgIpc) is 2.86. The van der Waals surface area contributed by atoms with Crippen molar-refractivity contribution in [2.45, 2.75) is 45.7 Å². The van der Waals surface area contributed by atoms with Crippen LogP contribution in [0.25, 0.3) is 0 Å².